The summed E-state index contributed by atoms with van der Waals surface area (Å²) in [6.07, 6.45) is 1.24. The van der Waals surface area contributed by atoms with Gasteiger partial charge in [0.2, 0.25) is 5.91 Å². The molecule has 0 radical (unpaired) electrons. The van der Waals surface area contributed by atoms with Crippen LogP contribution in [-0.4, -0.2) is 25.0 Å². The summed E-state index contributed by atoms with van der Waals surface area (Å²) in [6.45, 7) is 1.77. The van der Waals surface area contributed by atoms with Crippen LogP contribution < -0.4 is 5.32 Å². The number of rotatable bonds is 6. The van der Waals surface area contributed by atoms with Crippen LogP contribution >= 0.6 is 22.9 Å². The summed E-state index contributed by atoms with van der Waals surface area (Å²) >= 11 is 7.27. The molecule has 1 aromatic heterocycles. The SMILES string of the molecule is COC(=O)CC(C)NC(=O)CCc1ccc(Cl)s1. The molecule has 6 heteroatoms. The number of amides is 1. The molecular weight excluding hydrogens is 274 g/mol. The zero-order valence-corrected chi connectivity index (χ0v) is 11.9. The van der Waals surface area contributed by atoms with Crippen molar-refractivity contribution in [1.29, 1.82) is 0 Å². The third-order valence-corrected chi connectivity index (χ3v) is 3.63. The molecule has 1 amide bonds. The van der Waals surface area contributed by atoms with Gasteiger partial charge in [0.1, 0.15) is 0 Å². The second kappa shape index (κ2) is 7.38. The topological polar surface area (TPSA) is 55.4 Å². The van der Waals surface area contributed by atoms with E-state index in [0.29, 0.717) is 12.8 Å². The highest BCUT2D eigenvalue weighted by molar-refractivity contribution is 7.16. The van der Waals surface area contributed by atoms with Gasteiger partial charge in [-0.2, -0.15) is 0 Å². The number of esters is 1. The molecule has 0 spiro atoms. The maximum atomic E-state index is 11.6. The lowest BCUT2D eigenvalue weighted by Crippen LogP contribution is -2.34. The van der Waals surface area contributed by atoms with E-state index < -0.39 is 0 Å². The van der Waals surface area contributed by atoms with Gasteiger partial charge in [0.25, 0.3) is 0 Å². The normalized spacial score (nSPS) is 11.9. The standard InChI is InChI=1S/C12H16ClNO3S/c1-8(7-12(16)17-2)14-11(15)6-4-9-3-5-10(13)18-9/h3,5,8H,4,6-7H2,1-2H3,(H,14,15). The van der Waals surface area contributed by atoms with Crippen molar-refractivity contribution in [3.8, 4) is 0 Å². The van der Waals surface area contributed by atoms with Crippen LogP contribution in [0.5, 0.6) is 0 Å². The molecule has 0 saturated heterocycles. The monoisotopic (exact) mass is 289 g/mol. The number of aryl methyl sites for hydroxylation is 1. The predicted molar refractivity (Wildman–Crippen MR) is 71.9 cm³/mol. The van der Waals surface area contributed by atoms with Gasteiger partial charge in [-0.1, -0.05) is 11.6 Å². The average Bonchev–Trinajstić information content (AvgIpc) is 2.72. The molecule has 1 rings (SSSR count). The van der Waals surface area contributed by atoms with Crippen LogP contribution in [0, 0.1) is 0 Å². The van der Waals surface area contributed by atoms with Gasteiger partial charge < -0.3 is 10.1 Å². The summed E-state index contributed by atoms with van der Waals surface area (Å²) in [4.78, 5) is 23.7. The van der Waals surface area contributed by atoms with Gasteiger partial charge in [0, 0.05) is 17.3 Å². The van der Waals surface area contributed by atoms with Gasteiger partial charge >= 0.3 is 5.97 Å². The second-order valence-electron chi connectivity index (χ2n) is 3.95. The molecule has 4 nitrogen and oxygen atoms in total. The van der Waals surface area contributed by atoms with Gasteiger partial charge in [-0.25, -0.2) is 0 Å². The number of carbonyl (C=O) groups is 2. The smallest absolute Gasteiger partial charge is 0.307 e. The Morgan fingerprint density at radius 3 is 2.78 bits per heavy atom. The van der Waals surface area contributed by atoms with Crippen LogP contribution in [0.4, 0.5) is 0 Å². The number of hydrogen-bond donors (Lipinski definition) is 1. The lowest BCUT2D eigenvalue weighted by atomic mass is 10.2. The summed E-state index contributed by atoms with van der Waals surface area (Å²) in [5.74, 6) is -0.399. The van der Waals surface area contributed by atoms with E-state index in [2.05, 4.69) is 10.1 Å². The van der Waals surface area contributed by atoms with Crippen LogP contribution in [0.3, 0.4) is 0 Å². The molecule has 0 aliphatic rings. The summed E-state index contributed by atoms with van der Waals surface area (Å²) in [5.41, 5.74) is 0. The van der Waals surface area contributed by atoms with Crippen molar-refractivity contribution >= 4 is 34.8 Å². The van der Waals surface area contributed by atoms with Crippen LogP contribution in [0.15, 0.2) is 12.1 Å². The molecular formula is C12H16ClNO3S. The van der Waals surface area contributed by atoms with Crippen molar-refractivity contribution in [2.75, 3.05) is 7.11 Å². The summed E-state index contributed by atoms with van der Waals surface area (Å²) in [6, 6.07) is 3.52. The third kappa shape index (κ3) is 5.51. The fourth-order valence-electron chi connectivity index (χ4n) is 1.45. The highest BCUT2D eigenvalue weighted by Gasteiger charge is 2.12. The Bertz CT molecular complexity index is 419. The molecule has 1 atom stereocenters. The van der Waals surface area contributed by atoms with Crippen molar-refractivity contribution in [2.45, 2.75) is 32.2 Å². The minimum Gasteiger partial charge on any atom is -0.469 e. The van der Waals surface area contributed by atoms with Crippen LogP contribution in [0.2, 0.25) is 4.34 Å². The van der Waals surface area contributed by atoms with Crippen molar-refractivity contribution in [1.82, 2.24) is 5.32 Å². The molecule has 100 valence electrons. The highest BCUT2D eigenvalue weighted by Crippen LogP contribution is 2.22. The van der Waals surface area contributed by atoms with E-state index in [-0.39, 0.29) is 24.3 Å². The van der Waals surface area contributed by atoms with Gasteiger partial charge in [-0.15, -0.1) is 11.3 Å². The molecule has 0 aliphatic heterocycles. The first-order chi connectivity index (χ1) is 8.51. The molecule has 0 bridgehead atoms. The van der Waals surface area contributed by atoms with Gasteiger partial charge in [0.15, 0.2) is 0 Å². The van der Waals surface area contributed by atoms with Gasteiger partial charge in [-0.3, -0.25) is 9.59 Å². The highest BCUT2D eigenvalue weighted by atomic mass is 35.5. The molecule has 1 unspecified atom stereocenters. The maximum absolute atomic E-state index is 11.6. The summed E-state index contributed by atoms with van der Waals surface area (Å²) in [5, 5.41) is 2.75. The lowest BCUT2D eigenvalue weighted by molar-refractivity contribution is -0.141. The number of halogens is 1. The fourth-order valence-corrected chi connectivity index (χ4v) is 2.54. The minimum absolute atomic E-state index is 0.0732. The Balaban J connectivity index is 2.27. The number of hydrogen-bond acceptors (Lipinski definition) is 4. The van der Waals surface area contributed by atoms with Crippen molar-refractivity contribution < 1.29 is 14.3 Å². The number of ether oxygens (including phenoxy) is 1. The third-order valence-electron chi connectivity index (χ3n) is 2.34. The first kappa shape index (κ1) is 15.0. The van der Waals surface area contributed by atoms with E-state index in [1.54, 1.807) is 6.92 Å². The Morgan fingerprint density at radius 2 is 2.22 bits per heavy atom. The van der Waals surface area contributed by atoms with Gasteiger partial charge in [-0.05, 0) is 25.5 Å². The molecule has 1 aromatic rings. The fraction of sp³-hybridized carbons (Fsp3) is 0.500. The molecule has 18 heavy (non-hydrogen) atoms. The molecule has 0 aromatic carbocycles. The van der Waals surface area contributed by atoms with E-state index in [0.717, 1.165) is 9.21 Å². The van der Waals surface area contributed by atoms with E-state index >= 15 is 0 Å². The average molecular weight is 290 g/mol. The Kier molecular flexibility index (Phi) is 6.15. The largest absolute Gasteiger partial charge is 0.469 e. The Morgan fingerprint density at radius 1 is 1.50 bits per heavy atom. The van der Waals surface area contributed by atoms with Crippen LogP contribution in [-0.2, 0) is 20.7 Å². The minimum atomic E-state index is -0.326. The summed E-state index contributed by atoms with van der Waals surface area (Å²) < 4.78 is 5.26. The van der Waals surface area contributed by atoms with E-state index in [4.69, 9.17) is 11.6 Å². The zero-order chi connectivity index (χ0) is 13.5. The molecule has 1 heterocycles. The first-order valence-corrected chi connectivity index (χ1v) is 6.81. The Hall–Kier alpha value is -1.07. The molecule has 0 saturated carbocycles. The zero-order valence-electron chi connectivity index (χ0n) is 10.4. The Labute approximate surface area is 115 Å². The number of methoxy groups -OCH3 is 1. The van der Waals surface area contributed by atoms with E-state index in [9.17, 15) is 9.59 Å². The van der Waals surface area contributed by atoms with E-state index in [1.165, 1.54) is 18.4 Å². The molecule has 1 N–H and O–H groups in total. The van der Waals surface area contributed by atoms with Crippen molar-refractivity contribution in [3.63, 3.8) is 0 Å². The first-order valence-electron chi connectivity index (χ1n) is 5.61. The number of nitrogens with one attached hydrogen (secondary N) is 1. The van der Waals surface area contributed by atoms with Gasteiger partial charge in [0.05, 0.1) is 17.9 Å². The van der Waals surface area contributed by atoms with E-state index in [1.807, 2.05) is 12.1 Å². The number of thiophene rings is 1. The molecule has 0 aliphatic carbocycles. The number of carbonyl (C=O) groups excluding carboxylic acids is 2. The second-order valence-corrected chi connectivity index (χ2v) is 5.75. The van der Waals surface area contributed by atoms with Crippen LogP contribution in [0.25, 0.3) is 0 Å². The predicted octanol–water partition coefficient (Wildman–Crippen LogP) is 2.40. The van der Waals surface area contributed by atoms with Crippen LogP contribution in [0.1, 0.15) is 24.6 Å². The van der Waals surface area contributed by atoms with Crippen molar-refractivity contribution in [2.24, 2.45) is 0 Å². The lowest BCUT2D eigenvalue weighted by Gasteiger charge is -2.12. The maximum Gasteiger partial charge on any atom is 0.307 e. The quantitative estimate of drug-likeness (QED) is 0.818. The van der Waals surface area contributed by atoms with Crippen molar-refractivity contribution in [3.05, 3.63) is 21.3 Å². The summed E-state index contributed by atoms with van der Waals surface area (Å²) in [7, 11) is 1.33. The molecule has 0 fully saturated rings.